The Kier molecular flexibility index (Phi) is 5.71. The van der Waals surface area contributed by atoms with Crippen molar-refractivity contribution in [2.24, 2.45) is 5.73 Å². The van der Waals surface area contributed by atoms with Crippen molar-refractivity contribution in [1.29, 1.82) is 0 Å². The third-order valence-corrected chi connectivity index (χ3v) is 5.69. The number of nitrogens with two attached hydrogens (primary N) is 1. The van der Waals surface area contributed by atoms with Crippen molar-refractivity contribution in [3.63, 3.8) is 0 Å². The van der Waals surface area contributed by atoms with E-state index in [4.69, 9.17) is 10.3 Å². The number of carbonyl (C=O) groups is 2. The second-order valence-electron chi connectivity index (χ2n) is 7.24. The van der Waals surface area contributed by atoms with E-state index in [0.717, 1.165) is 30.4 Å². The molecular formula is C19H24ClN5O3. The highest BCUT2D eigenvalue weighted by molar-refractivity contribution is 6.06. The Balaban J connectivity index is 0.00000225. The number of urea groups is 1. The molecule has 1 saturated heterocycles. The van der Waals surface area contributed by atoms with E-state index >= 15 is 0 Å². The van der Waals surface area contributed by atoms with Crippen LogP contribution in [-0.2, 0) is 17.9 Å². The van der Waals surface area contributed by atoms with Gasteiger partial charge >= 0.3 is 6.03 Å². The zero-order valence-electron chi connectivity index (χ0n) is 15.8. The predicted molar refractivity (Wildman–Crippen MR) is 104 cm³/mol. The van der Waals surface area contributed by atoms with E-state index in [1.165, 1.54) is 4.90 Å². The van der Waals surface area contributed by atoms with Gasteiger partial charge in [0, 0.05) is 19.2 Å². The largest absolute Gasteiger partial charge is 0.337 e. The molecule has 2 aliphatic rings. The van der Waals surface area contributed by atoms with Crippen LogP contribution >= 0.6 is 12.4 Å². The Morgan fingerprint density at radius 2 is 1.82 bits per heavy atom. The molecule has 0 unspecified atom stereocenters. The lowest BCUT2D eigenvalue weighted by molar-refractivity contribution is -0.135. The van der Waals surface area contributed by atoms with Gasteiger partial charge in [-0.3, -0.25) is 9.69 Å². The minimum absolute atomic E-state index is 0. The molecule has 1 aromatic heterocycles. The van der Waals surface area contributed by atoms with E-state index in [2.05, 4.69) is 10.1 Å². The normalized spacial score (nSPS) is 18.6. The summed E-state index contributed by atoms with van der Waals surface area (Å²) >= 11 is 0. The average Bonchev–Trinajstić information content (AvgIpc) is 3.24. The number of amides is 3. The number of hydrogen-bond donors (Lipinski definition) is 1. The molecule has 0 bridgehead atoms. The highest BCUT2D eigenvalue weighted by atomic mass is 35.5. The molecule has 1 aliphatic heterocycles. The molecule has 1 aromatic carbocycles. The second kappa shape index (κ2) is 7.89. The maximum Gasteiger partial charge on any atom is 0.327 e. The summed E-state index contributed by atoms with van der Waals surface area (Å²) in [5.74, 6) is 0.519. The second-order valence-corrected chi connectivity index (χ2v) is 7.24. The smallest absolute Gasteiger partial charge is 0.327 e. The summed E-state index contributed by atoms with van der Waals surface area (Å²) in [4.78, 5) is 32.9. The highest BCUT2D eigenvalue weighted by Crippen LogP contribution is 2.39. The predicted octanol–water partition coefficient (Wildman–Crippen LogP) is 2.71. The van der Waals surface area contributed by atoms with Gasteiger partial charge in [0.2, 0.25) is 11.7 Å². The Morgan fingerprint density at radius 3 is 2.46 bits per heavy atom. The average molecular weight is 406 g/mol. The molecule has 150 valence electrons. The van der Waals surface area contributed by atoms with Gasteiger partial charge in [0.1, 0.15) is 12.1 Å². The van der Waals surface area contributed by atoms with Crippen molar-refractivity contribution in [2.45, 2.75) is 50.7 Å². The molecule has 0 radical (unpaired) electrons. The Labute approximate surface area is 169 Å². The molecule has 1 spiro atoms. The molecule has 2 fully saturated rings. The van der Waals surface area contributed by atoms with Gasteiger partial charge in [-0.05, 0) is 18.4 Å². The zero-order valence-corrected chi connectivity index (χ0v) is 16.6. The number of benzene rings is 1. The Morgan fingerprint density at radius 1 is 1.14 bits per heavy atom. The Bertz CT molecular complexity index is 861. The van der Waals surface area contributed by atoms with Crippen LogP contribution in [0.5, 0.6) is 0 Å². The number of aromatic nitrogens is 2. The number of nitrogens with zero attached hydrogens (tertiary/aromatic N) is 4. The zero-order chi connectivity index (χ0) is 19.0. The number of rotatable bonds is 4. The van der Waals surface area contributed by atoms with Crippen LogP contribution in [0, 0.1) is 0 Å². The van der Waals surface area contributed by atoms with Crippen LogP contribution in [0.25, 0.3) is 11.4 Å². The first kappa shape index (κ1) is 20.3. The minimum atomic E-state index is -0.698. The third-order valence-electron chi connectivity index (χ3n) is 5.69. The van der Waals surface area contributed by atoms with E-state index in [1.807, 2.05) is 24.3 Å². The van der Waals surface area contributed by atoms with Crippen LogP contribution in [0.1, 0.15) is 43.6 Å². The lowest BCUT2D eigenvalue weighted by atomic mass is 9.81. The van der Waals surface area contributed by atoms with E-state index in [1.54, 1.807) is 11.9 Å². The lowest BCUT2D eigenvalue weighted by Gasteiger charge is -2.35. The molecule has 9 heteroatoms. The van der Waals surface area contributed by atoms with Crippen molar-refractivity contribution in [3.05, 3.63) is 35.7 Å². The molecule has 4 rings (SSSR count). The number of likely N-dealkylation sites (N-methyl/N-ethyl adjacent to an activating group) is 1. The Hall–Kier alpha value is -2.45. The lowest BCUT2D eigenvalue weighted by Crippen LogP contribution is -2.49. The fourth-order valence-electron chi connectivity index (χ4n) is 4.03. The molecule has 1 saturated carbocycles. The van der Waals surface area contributed by atoms with Crippen molar-refractivity contribution in [1.82, 2.24) is 19.9 Å². The quantitative estimate of drug-likeness (QED) is 0.784. The van der Waals surface area contributed by atoms with Crippen molar-refractivity contribution >= 4 is 24.3 Å². The first-order valence-corrected chi connectivity index (χ1v) is 9.27. The van der Waals surface area contributed by atoms with Crippen LogP contribution in [0.2, 0.25) is 0 Å². The molecule has 0 atom stereocenters. The molecule has 8 nitrogen and oxygen atoms in total. The number of halogens is 1. The topological polar surface area (TPSA) is 106 Å². The summed E-state index contributed by atoms with van der Waals surface area (Å²) in [6, 6.07) is 7.25. The number of carbonyl (C=O) groups excluding carboxylic acids is 2. The maximum absolute atomic E-state index is 13.0. The summed E-state index contributed by atoms with van der Waals surface area (Å²) in [5, 5.41) is 3.98. The van der Waals surface area contributed by atoms with Crippen LogP contribution in [0.3, 0.4) is 0 Å². The molecule has 28 heavy (non-hydrogen) atoms. The fraction of sp³-hybridized carbons (Fsp3) is 0.474. The maximum atomic E-state index is 13.0. The summed E-state index contributed by atoms with van der Waals surface area (Å²) in [6.45, 7) is 0.462. The monoisotopic (exact) mass is 405 g/mol. The third kappa shape index (κ3) is 3.27. The van der Waals surface area contributed by atoms with E-state index in [-0.39, 0.29) is 36.8 Å². The molecule has 1 aliphatic carbocycles. The van der Waals surface area contributed by atoms with Crippen LogP contribution in [0.15, 0.2) is 28.8 Å². The minimum Gasteiger partial charge on any atom is -0.337 e. The SMILES string of the molecule is CN1C(=O)N(Cc2nc(-c3ccc(CN)cc3)no2)C(=O)C12CCCCC2.Cl. The summed E-state index contributed by atoms with van der Waals surface area (Å²) in [5.41, 5.74) is 6.71. The standard InChI is InChI=1S/C19H23N5O3.ClH/c1-23-18(26)24(17(25)19(23)9-3-2-4-10-19)12-15-21-16(22-27-15)14-7-5-13(11-20)6-8-14;/h5-8H,2-4,9-12,20H2,1H3;1H. The van der Waals surface area contributed by atoms with Gasteiger partial charge in [-0.25, -0.2) is 4.79 Å². The molecule has 2 N–H and O–H groups in total. The van der Waals surface area contributed by atoms with Gasteiger partial charge < -0.3 is 15.2 Å². The number of hydrogen-bond acceptors (Lipinski definition) is 6. The van der Waals surface area contributed by atoms with E-state index in [9.17, 15) is 9.59 Å². The molecular weight excluding hydrogens is 382 g/mol. The van der Waals surface area contributed by atoms with E-state index in [0.29, 0.717) is 25.2 Å². The van der Waals surface area contributed by atoms with Gasteiger partial charge in [0.15, 0.2) is 0 Å². The van der Waals surface area contributed by atoms with Crippen LogP contribution in [-0.4, -0.2) is 44.5 Å². The number of imide groups is 1. The highest BCUT2D eigenvalue weighted by Gasteiger charge is 2.55. The van der Waals surface area contributed by atoms with Gasteiger partial charge in [0.25, 0.3) is 5.91 Å². The first-order chi connectivity index (χ1) is 13.0. The van der Waals surface area contributed by atoms with Gasteiger partial charge in [-0.15, -0.1) is 12.4 Å². The van der Waals surface area contributed by atoms with Crippen molar-refractivity contribution in [3.8, 4) is 11.4 Å². The summed E-state index contributed by atoms with van der Waals surface area (Å²) < 4.78 is 5.29. The molecule has 2 heterocycles. The first-order valence-electron chi connectivity index (χ1n) is 9.27. The van der Waals surface area contributed by atoms with Gasteiger partial charge in [0.05, 0.1) is 0 Å². The van der Waals surface area contributed by atoms with Crippen molar-refractivity contribution < 1.29 is 14.1 Å². The van der Waals surface area contributed by atoms with Gasteiger partial charge in [-0.1, -0.05) is 48.7 Å². The fourth-order valence-corrected chi connectivity index (χ4v) is 4.03. The summed E-state index contributed by atoms with van der Waals surface area (Å²) in [7, 11) is 1.71. The molecule has 3 amide bonds. The molecule has 2 aromatic rings. The van der Waals surface area contributed by atoms with E-state index < -0.39 is 5.54 Å². The van der Waals surface area contributed by atoms with Crippen molar-refractivity contribution in [2.75, 3.05) is 7.05 Å². The van der Waals surface area contributed by atoms with Crippen LogP contribution in [0.4, 0.5) is 4.79 Å². The van der Waals surface area contributed by atoms with Crippen LogP contribution < -0.4 is 5.73 Å². The van der Waals surface area contributed by atoms with Gasteiger partial charge in [-0.2, -0.15) is 4.98 Å². The summed E-state index contributed by atoms with van der Waals surface area (Å²) in [6.07, 6.45) is 4.45.